The van der Waals surface area contributed by atoms with Crippen molar-refractivity contribution in [3.05, 3.63) is 18.2 Å². The van der Waals surface area contributed by atoms with Gasteiger partial charge in [0.05, 0.1) is 11.7 Å². The van der Waals surface area contributed by atoms with E-state index in [0.29, 0.717) is 6.54 Å². The molecule has 1 aliphatic heterocycles. The summed E-state index contributed by atoms with van der Waals surface area (Å²) in [5.41, 5.74) is 5.63. The molecule has 18 heavy (non-hydrogen) atoms. The lowest BCUT2D eigenvalue weighted by atomic mass is 10.1. The summed E-state index contributed by atoms with van der Waals surface area (Å²) in [6.45, 7) is 10.7. The zero-order valence-electron chi connectivity index (χ0n) is 11.6. The van der Waals surface area contributed by atoms with Crippen molar-refractivity contribution in [1.82, 2.24) is 14.5 Å². The van der Waals surface area contributed by atoms with E-state index in [2.05, 4.69) is 28.3 Å². The third kappa shape index (κ3) is 3.31. The second kappa shape index (κ2) is 5.38. The molecule has 1 aromatic heterocycles. The first-order valence-corrected chi connectivity index (χ1v) is 6.58. The maximum absolute atomic E-state index is 5.93. The minimum Gasteiger partial charge on any atom is -0.368 e. The highest BCUT2D eigenvalue weighted by atomic mass is 16.5. The van der Waals surface area contributed by atoms with Gasteiger partial charge >= 0.3 is 0 Å². The van der Waals surface area contributed by atoms with E-state index in [0.717, 1.165) is 32.0 Å². The topological polar surface area (TPSA) is 56.3 Å². The number of aromatic nitrogens is 2. The molecular weight excluding hydrogens is 228 g/mol. The van der Waals surface area contributed by atoms with Gasteiger partial charge in [-0.25, -0.2) is 4.98 Å². The average molecular weight is 252 g/mol. The van der Waals surface area contributed by atoms with Crippen LogP contribution in [0.1, 0.15) is 19.7 Å². The summed E-state index contributed by atoms with van der Waals surface area (Å²) in [6, 6.07) is 0. The van der Waals surface area contributed by atoms with Gasteiger partial charge in [0.15, 0.2) is 0 Å². The highest BCUT2D eigenvalue weighted by Crippen LogP contribution is 2.20. The fraction of sp³-hybridized carbons (Fsp3) is 0.769. The zero-order valence-corrected chi connectivity index (χ0v) is 11.6. The third-order valence-corrected chi connectivity index (χ3v) is 3.40. The maximum Gasteiger partial charge on any atom is 0.105 e. The van der Waals surface area contributed by atoms with Crippen LogP contribution in [0.5, 0.6) is 0 Å². The van der Waals surface area contributed by atoms with Crippen molar-refractivity contribution >= 4 is 0 Å². The Morgan fingerprint density at radius 1 is 1.50 bits per heavy atom. The van der Waals surface area contributed by atoms with Crippen molar-refractivity contribution in [2.24, 2.45) is 5.73 Å². The van der Waals surface area contributed by atoms with E-state index in [1.165, 1.54) is 0 Å². The predicted octanol–water partition coefficient (Wildman–Crippen LogP) is 0.630. The van der Waals surface area contributed by atoms with Crippen molar-refractivity contribution in [1.29, 1.82) is 0 Å². The summed E-state index contributed by atoms with van der Waals surface area (Å²) in [5, 5.41) is 0. The Morgan fingerprint density at radius 3 is 2.89 bits per heavy atom. The largest absolute Gasteiger partial charge is 0.368 e. The van der Waals surface area contributed by atoms with Crippen LogP contribution in [0.3, 0.4) is 0 Å². The summed E-state index contributed by atoms with van der Waals surface area (Å²) in [7, 11) is 0. The van der Waals surface area contributed by atoms with Gasteiger partial charge < -0.3 is 15.0 Å². The van der Waals surface area contributed by atoms with Gasteiger partial charge in [0, 0.05) is 45.1 Å². The Morgan fingerprint density at radius 2 is 2.28 bits per heavy atom. The maximum atomic E-state index is 5.93. The lowest BCUT2D eigenvalue weighted by Gasteiger charge is -2.42. The Labute approximate surface area is 109 Å². The lowest BCUT2D eigenvalue weighted by Crippen LogP contribution is -2.55. The van der Waals surface area contributed by atoms with Crippen molar-refractivity contribution in [3.63, 3.8) is 0 Å². The molecule has 0 radical (unpaired) electrons. The fourth-order valence-electron chi connectivity index (χ4n) is 2.60. The second-order valence-corrected chi connectivity index (χ2v) is 5.64. The van der Waals surface area contributed by atoms with Gasteiger partial charge in [-0.2, -0.15) is 0 Å². The molecule has 0 saturated carbocycles. The molecule has 0 spiro atoms. The van der Waals surface area contributed by atoms with Crippen molar-refractivity contribution in [3.8, 4) is 0 Å². The first-order chi connectivity index (χ1) is 8.50. The number of rotatable bonds is 4. The SMILES string of the molecule is Cc1nccn1CCN1CC(CN)OC(C)(C)C1. The van der Waals surface area contributed by atoms with E-state index >= 15 is 0 Å². The van der Waals surface area contributed by atoms with Crippen LogP contribution >= 0.6 is 0 Å². The van der Waals surface area contributed by atoms with E-state index in [9.17, 15) is 0 Å². The van der Waals surface area contributed by atoms with E-state index < -0.39 is 0 Å². The molecular formula is C13H24N4O. The molecule has 1 aromatic rings. The van der Waals surface area contributed by atoms with Gasteiger partial charge in [-0.1, -0.05) is 0 Å². The molecule has 1 unspecified atom stereocenters. The standard InChI is InChI=1S/C13H24N4O/c1-11-15-4-5-17(11)7-6-16-9-12(8-14)18-13(2,3)10-16/h4-5,12H,6-10,14H2,1-3H3. The fourth-order valence-corrected chi connectivity index (χ4v) is 2.60. The highest BCUT2D eigenvalue weighted by Gasteiger charge is 2.32. The first kappa shape index (κ1) is 13.5. The van der Waals surface area contributed by atoms with Crippen molar-refractivity contribution in [2.45, 2.75) is 39.0 Å². The Bertz CT molecular complexity index is 388. The monoisotopic (exact) mass is 252 g/mol. The minimum atomic E-state index is -0.105. The van der Waals surface area contributed by atoms with Gasteiger partial charge in [-0.3, -0.25) is 4.90 Å². The van der Waals surface area contributed by atoms with E-state index in [1.54, 1.807) is 0 Å². The number of aryl methyl sites for hydroxylation is 1. The molecule has 2 heterocycles. The van der Waals surface area contributed by atoms with Crippen LogP contribution in [0, 0.1) is 6.92 Å². The molecule has 0 aliphatic carbocycles. The number of hydrogen-bond acceptors (Lipinski definition) is 4. The summed E-state index contributed by atoms with van der Waals surface area (Å²) in [5.74, 6) is 1.07. The molecule has 2 N–H and O–H groups in total. The number of ether oxygens (including phenoxy) is 1. The van der Waals surface area contributed by atoms with Crippen LogP contribution in [-0.2, 0) is 11.3 Å². The van der Waals surface area contributed by atoms with Gasteiger partial charge in [0.1, 0.15) is 5.82 Å². The van der Waals surface area contributed by atoms with Crippen molar-refractivity contribution in [2.75, 3.05) is 26.2 Å². The smallest absolute Gasteiger partial charge is 0.105 e. The van der Waals surface area contributed by atoms with Crippen LogP contribution in [0.15, 0.2) is 12.4 Å². The van der Waals surface area contributed by atoms with Crippen molar-refractivity contribution < 1.29 is 4.74 Å². The van der Waals surface area contributed by atoms with Gasteiger partial charge in [-0.05, 0) is 20.8 Å². The number of hydrogen-bond donors (Lipinski definition) is 1. The quantitative estimate of drug-likeness (QED) is 0.854. The van der Waals surface area contributed by atoms with Gasteiger partial charge in [0.25, 0.3) is 0 Å². The third-order valence-electron chi connectivity index (χ3n) is 3.40. The molecule has 0 amide bonds. The number of nitrogens with two attached hydrogens (primary N) is 1. The molecule has 5 heteroatoms. The van der Waals surface area contributed by atoms with E-state index in [1.807, 2.05) is 19.3 Å². The molecule has 5 nitrogen and oxygen atoms in total. The summed E-state index contributed by atoms with van der Waals surface area (Å²) >= 11 is 0. The molecule has 1 saturated heterocycles. The Hall–Kier alpha value is -0.910. The van der Waals surface area contributed by atoms with Crippen LogP contribution in [-0.4, -0.2) is 52.3 Å². The minimum absolute atomic E-state index is 0.105. The normalized spacial score (nSPS) is 24.3. The lowest BCUT2D eigenvalue weighted by molar-refractivity contribution is -0.132. The molecule has 2 rings (SSSR count). The molecule has 1 atom stereocenters. The number of nitrogens with zero attached hydrogens (tertiary/aromatic N) is 3. The molecule has 1 aliphatic rings. The Balaban J connectivity index is 1.90. The average Bonchev–Trinajstić information content (AvgIpc) is 2.70. The molecule has 0 bridgehead atoms. The first-order valence-electron chi connectivity index (χ1n) is 6.58. The molecule has 102 valence electrons. The summed E-state index contributed by atoms with van der Waals surface area (Å²) in [4.78, 5) is 6.67. The summed E-state index contributed by atoms with van der Waals surface area (Å²) < 4.78 is 8.11. The van der Waals surface area contributed by atoms with Gasteiger partial charge in [-0.15, -0.1) is 0 Å². The van der Waals surface area contributed by atoms with E-state index in [-0.39, 0.29) is 11.7 Å². The van der Waals surface area contributed by atoms with Crippen LogP contribution < -0.4 is 5.73 Å². The van der Waals surface area contributed by atoms with Crippen LogP contribution in [0.4, 0.5) is 0 Å². The summed E-state index contributed by atoms with van der Waals surface area (Å²) in [6.07, 6.45) is 4.03. The Kier molecular flexibility index (Phi) is 4.04. The van der Waals surface area contributed by atoms with E-state index in [4.69, 9.17) is 10.5 Å². The molecule has 0 aromatic carbocycles. The van der Waals surface area contributed by atoms with Crippen LogP contribution in [0.2, 0.25) is 0 Å². The highest BCUT2D eigenvalue weighted by molar-refractivity contribution is 4.89. The van der Waals surface area contributed by atoms with Crippen LogP contribution in [0.25, 0.3) is 0 Å². The number of morpholine rings is 1. The zero-order chi connectivity index (χ0) is 13.2. The predicted molar refractivity (Wildman–Crippen MR) is 71.4 cm³/mol. The molecule has 1 fully saturated rings. The second-order valence-electron chi connectivity index (χ2n) is 5.64. The van der Waals surface area contributed by atoms with Gasteiger partial charge in [0.2, 0.25) is 0 Å². The number of imidazole rings is 1.